The highest BCUT2D eigenvalue weighted by Gasteiger charge is 2.13. The van der Waals surface area contributed by atoms with Gasteiger partial charge in [0.1, 0.15) is 11.4 Å². The molecule has 7 heteroatoms. The Bertz CT molecular complexity index is 1030. The summed E-state index contributed by atoms with van der Waals surface area (Å²) in [7, 11) is 0. The van der Waals surface area contributed by atoms with E-state index in [9.17, 15) is 4.79 Å². The van der Waals surface area contributed by atoms with Gasteiger partial charge in [-0.3, -0.25) is 4.79 Å². The lowest BCUT2D eigenvalue weighted by Gasteiger charge is -2.14. The van der Waals surface area contributed by atoms with E-state index < -0.39 is 0 Å². The lowest BCUT2D eigenvalue weighted by Crippen LogP contribution is -2.16. The third-order valence-corrected chi connectivity index (χ3v) is 3.63. The standard InChI is InChI=1S/C21H19N5O2/c1-14(2)28-19-9-4-3-8-17(19)25-20(27)18-10-11-23-21(26-18)24-16-7-5-6-15(12-16)13-22/h3-12,14H,1-2H3,(H,25,27)(H,23,24,26). The molecule has 0 atom stereocenters. The highest BCUT2D eigenvalue weighted by Crippen LogP contribution is 2.25. The minimum Gasteiger partial charge on any atom is -0.489 e. The first kappa shape index (κ1) is 18.9. The molecule has 3 rings (SSSR count). The molecule has 2 aromatic carbocycles. The van der Waals surface area contributed by atoms with Crippen molar-refractivity contribution >= 4 is 23.2 Å². The van der Waals surface area contributed by atoms with Gasteiger partial charge in [0.2, 0.25) is 5.95 Å². The average Bonchev–Trinajstić information content (AvgIpc) is 2.69. The summed E-state index contributed by atoms with van der Waals surface area (Å²) >= 11 is 0. The van der Waals surface area contributed by atoms with E-state index in [1.165, 1.54) is 12.3 Å². The van der Waals surface area contributed by atoms with Gasteiger partial charge in [-0.05, 0) is 50.2 Å². The van der Waals surface area contributed by atoms with Gasteiger partial charge >= 0.3 is 0 Å². The molecule has 1 amide bonds. The number of ether oxygens (including phenoxy) is 1. The number of carbonyl (C=O) groups is 1. The zero-order valence-corrected chi connectivity index (χ0v) is 15.5. The maximum Gasteiger partial charge on any atom is 0.274 e. The van der Waals surface area contributed by atoms with Crippen molar-refractivity contribution in [3.05, 3.63) is 72.1 Å². The van der Waals surface area contributed by atoms with Crippen molar-refractivity contribution in [2.24, 2.45) is 0 Å². The van der Waals surface area contributed by atoms with Gasteiger partial charge in [0.25, 0.3) is 5.91 Å². The van der Waals surface area contributed by atoms with E-state index in [2.05, 4.69) is 26.7 Å². The van der Waals surface area contributed by atoms with Crippen molar-refractivity contribution < 1.29 is 9.53 Å². The zero-order chi connectivity index (χ0) is 19.9. The van der Waals surface area contributed by atoms with E-state index in [1.54, 1.807) is 36.4 Å². The summed E-state index contributed by atoms with van der Waals surface area (Å²) in [6.07, 6.45) is 1.48. The summed E-state index contributed by atoms with van der Waals surface area (Å²) in [5.41, 5.74) is 1.94. The van der Waals surface area contributed by atoms with Crippen LogP contribution in [0.2, 0.25) is 0 Å². The van der Waals surface area contributed by atoms with Crippen LogP contribution in [0.5, 0.6) is 5.75 Å². The minimum absolute atomic E-state index is 0.0166. The Labute approximate surface area is 163 Å². The molecule has 0 aliphatic rings. The van der Waals surface area contributed by atoms with Crippen LogP contribution in [0, 0.1) is 11.3 Å². The summed E-state index contributed by atoms with van der Waals surface area (Å²) in [6, 6.07) is 17.7. The predicted molar refractivity (Wildman–Crippen MR) is 107 cm³/mol. The van der Waals surface area contributed by atoms with Crippen LogP contribution in [0.15, 0.2) is 60.8 Å². The summed E-state index contributed by atoms with van der Waals surface area (Å²) in [6.45, 7) is 3.84. The Hall–Kier alpha value is -3.92. The number of nitrogens with one attached hydrogen (secondary N) is 2. The molecule has 0 aliphatic carbocycles. The fourth-order valence-electron chi connectivity index (χ4n) is 2.45. The Morgan fingerprint density at radius 2 is 1.96 bits per heavy atom. The van der Waals surface area contributed by atoms with E-state index in [4.69, 9.17) is 10.00 Å². The first-order valence-corrected chi connectivity index (χ1v) is 8.72. The monoisotopic (exact) mass is 373 g/mol. The number of benzene rings is 2. The Morgan fingerprint density at radius 1 is 1.14 bits per heavy atom. The molecule has 2 N–H and O–H groups in total. The minimum atomic E-state index is -0.379. The van der Waals surface area contributed by atoms with Gasteiger partial charge in [0, 0.05) is 11.9 Å². The van der Waals surface area contributed by atoms with E-state index in [1.807, 2.05) is 26.0 Å². The molecule has 0 unspecified atom stereocenters. The molecule has 3 aromatic rings. The lowest BCUT2D eigenvalue weighted by molar-refractivity contribution is 0.102. The van der Waals surface area contributed by atoms with Crippen molar-refractivity contribution in [2.75, 3.05) is 10.6 Å². The van der Waals surface area contributed by atoms with Crippen LogP contribution in [-0.4, -0.2) is 22.0 Å². The van der Waals surface area contributed by atoms with Gasteiger partial charge in [0.15, 0.2) is 0 Å². The van der Waals surface area contributed by atoms with Crippen LogP contribution < -0.4 is 15.4 Å². The molecule has 1 heterocycles. The number of nitriles is 1. The molecule has 0 fully saturated rings. The number of para-hydroxylation sites is 2. The average molecular weight is 373 g/mol. The third-order valence-electron chi connectivity index (χ3n) is 3.63. The first-order valence-electron chi connectivity index (χ1n) is 8.72. The molecule has 0 bridgehead atoms. The largest absolute Gasteiger partial charge is 0.489 e. The van der Waals surface area contributed by atoms with E-state index in [-0.39, 0.29) is 23.7 Å². The number of anilines is 3. The van der Waals surface area contributed by atoms with Crippen molar-refractivity contribution in [3.63, 3.8) is 0 Å². The predicted octanol–water partition coefficient (Wildman–Crippen LogP) is 4.13. The van der Waals surface area contributed by atoms with E-state index in [0.29, 0.717) is 22.7 Å². The second kappa shape index (κ2) is 8.64. The van der Waals surface area contributed by atoms with Gasteiger partial charge in [-0.15, -0.1) is 0 Å². The van der Waals surface area contributed by atoms with Gasteiger partial charge in [-0.1, -0.05) is 18.2 Å². The van der Waals surface area contributed by atoms with Crippen LogP contribution in [0.25, 0.3) is 0 Å². The quantitative estimate of drug-likeness (QED) is 0.674. The van der Waals surface area contributed by atoms with Crippen LogP contribution in [0.4, 0.5) is 17.3 Å². The molecule has 0 spiro atoms. The SMILES string of the molecule is CC(C)Oc1ccccc1NC(=O)c1ccnc(Nc2cccc(C#N)c2)n1. The molecule has 0 saturated heterocycles. The van der Waals surface area contributed by atoms with Gasteiger partial charge in [0.05, 0.1) is 23.4 Å². The molecule has 7 nitrogen and oxygen atoms in total. The number of hydrogen-bond donors (Lipinski definition) is 2. The van der Waals surface area contributed by atoms with Gasteiger partial charge in [-0.2, -0.15) is 5.26 Å². The van der Waals surface area contributed by atoms with E-state index in [0.717, 1.165) is 0 Å². The number of rotatable bonds is 6. The molecule has 28 heavy (non-hydrogen) atoms. The fourth-order valence-corrected chi connectivity index (χ4v) is 2.45. The second-order valence-corrected chi connectivity index (χ2v) is 6.20. The van der Waals surface area contributed by atoms with Crippen LogP contribution in [0.3, 0.4) is 0 Å². The van der Waals surface area contributed by atoms with Gasteiger partial charge in [-0.25, -0.2) is 9.97 Å². The Balaban J connectivity index is 1.77. The summed E-state index contributed by atoms with van der Waals surface area (Å²) < 4.78 is 5.72. The fraction of sp³-hybridized carbons (Fsp3) is 0.143. The zero-order valence-electron chi connectivity index (χ0n) is 15.5. The van der Waals surface area contributed by atoms with Crippen molar-refractivity contribution in [2.45, 2.75) is 20.0 Å². The van der Waals surface area contributed by atoms with Crippen LogP contribution in [0.1, 0.15) is 29.9 Å². The molecule has 0 saturated carbocycles. The Kier molecular flexibility index (Phi) is 5.82. The van der Waals surface area contributed by atoms with Crippen molar-refractivity contribution in [1.82, 2.24) is 9.97 Å². The molecule has 1 aromatic heterocycles. The number of aromatic nitrogens is 2. The number of hydrogen-bond acceptors (Lipinski definition) is 6. The number of nitrogens with zero attached hydrogens (tertiary/aromatic N) is 3. The highest BCUT2D eigenvalue weighted by molar-refractivity contribution is 6.03. The molecule has 140 valence electrons. The first-order chi connectivity index (χ1) is 13.5. The topological polar surface area (TPSA) is 99.9 Å². The number of carbonyl (C=O) groups excluding carboxylic acids is 1. The Morgan fingerprint density at radius 3 is 2.75 bits per heavy atom. The van der Waals surface area contributed by atoms with Crippen LogP contribution >= 0.6 is 0 Å². The molecular formula is C21H19N5O2. The number of amides is 1. The van der Waals surface area contributed by atoms with E-state index >= 15 is 0 Å². The summed E-state index contributed by atoms with van der Waals surface area (Å²) in [5, 5.41) is 14.8. The molecule has 0 radical (unpaired) electrons. The lowest BCUT2D eigenvalue weighted by atomic mass is 10.2. The second-order valence-electron chi connectivity index (χ2n) is 6.20. The highest BCUT2D eigenvalue weighted by atomic mass is 16.5. The summed E-state index contributed by atoms with van der Waals surface area (Å²) in [4.78, 5) is 21.0. The van der Waals surface area contributed by atoms with Crippen LogP contribution in [-0.2, 0) is 0 Å². The van der Waals surface area contributed by atoms with Gasteiger partial charge < -0.3 is 15.4 Å². The van der Waals surface area contributed by atoms with Crippen molar-refractivity contribution in [3.8, 4) is 11.8 Å². The smallest absolute Gasteiger partial charge is 0.274 e. The summed E-state index contributed by atoms with van der Waals surface area (Å²) in [5.74, 6) is 0.470. The maximum absolute atomic E-state index is 12.6. The van der Waals surface area contributed by atoms with Crippen molar-refractivity contribution in [1.29, 1.82) is 5.26 Å². The normalized spacial score (nSPS) is 10.2. The molecular weight excluding hydrogens is 354 g/mol. The maximum atomic E-state index is 12.6. The third kappa shape index (κ3) is 4.83. The molecule has 0 aliphatic heterocycles.